The van der Waals surface area contributed by atoms with Crippen molar-refractivity contribution in [2.45, 2.75) is 31.4 Å². The van der Waals surface area contributed by atoms with Gasteiger partial charge in [-0.05, 0) is 49.2 Å². The Morgan fingerprint density at radius 1 is 1.09 bits per heavy atom. The van der Waals surface area contributed by atoms with E-state index in [1.54, 1.807) is 10.6 Å². The molecule has 32 heavy (non-hydrogen) atoms. The maximum absolute atomic E-state index is 14.2. The number of fused-ring (bicyclic) bond motifs is 2. The molecule has 1 aliphatic rings. The molecule has 4 aromatic rings. The summed E-state index contributed by atoms with van der Waals surface area (Å²) in [6.07, 6.45) is 0. The van der Waals surface area contributed by atoms with Gasteiger partial charge in [-0.2, -0.15) is 0 Å². The minimum atomic E-state index is -0.341. The summed E-state index contributed by atoms with van der Waals surface area (Å²) in [6, 6.07) is 16.2. The number of thioether (sulfide) groups is 1. The number of rotatable bonds is 4. The molecule has 0 bridgehead atoms. The fraction of sp³-hybridized carbons (Fsp3) is 0.200. The minimum Gasteiger partial charge on any atom is -0.467 e. The summed E-state index contributed by atoms with van der Waals surface area (Å²) >= 11 is 1.39. The van der Waals surface area contributed by atoms with Gasteiger partial charge in [-0.15, -0.1) is 0 Å². The molecule has 3 aromatic carbocycles. The van der Waals surface area contributed by atoms with Crippen LogP contribution < -0.4 is 10.3 Å². The summed E-state index contributed by atoms with van der Waals surface area (Å²) in [7, 11) is 0. The number of para-hydroxylation sites is 2. The third-order valence-electron chi connectivity index (χ3n) is 5.52. The fourth-order valence-electron chi connectivity index (χ4n) is 4.07. The predicted molar refractivity (Wildman–Crippen MR) is 123 cm³/mol. The number of hydrogen-bond donors (Lipinski definition) is 0. The molecule has 5 nitrogen and oxygen atoms in total. The van der Waals surface area contributed by atoms with E-state index < -0.39 is 0 Å². The lowest BCUT2D eigenvalue weighted by atomic mass is 10.1. The minimum absolute atomic E-state index is 0.124. The zero-order valence-electron chi connectivity index (χ0n) is 17.7. The van der Waals surface area contributed by atoms with Crippen LogP contribution in [0.5, 0.6) is 5.75 Å². The molecule has 0 spiro atoms. The third kappa shape index (κ3) is 3.67. The highest BCUT2D eigenvalue weighted by Crippen LogP contribution is 2.34. The number of benzene rings is 3. The highest BCUT2D eigenvalue weighted by atomic mass is 32.2. The molecule has 0 unspecified atom stereocenters. The van der Waals surface area contributed by atoms with E-state index in [-0.39, 0.29) is 18.2 Å². The summed E-state index contributed by atoms with van der Waals surface area (Å²) < 4.78 is 26.8. The first-order valence-electron chi connectivity index (χ1n) is 10.3. The van der Waals surface area contributed by atoms with E-state index in [0.717, 1.165) is 16.8 Å². The van der Waals surface area contributed by atoms with Crippen molar-refractivity contribution in [1.29, 1.82) is 0 Å². The summed E-state index contributed by atoms with van der Waals surface area (Å²) in [5.74, 6) is 0.703. The van der Waals surface area contributed by atoms with E-state index in [0.29, 0.717) is 45.3 Å². The Kier molecular flexibility index (Phi) is 5.45. The van der Waals surface area contributed by atoms with Crippen LogP contribution in [0.15, 0.2) is 64.5 Å². The first kappa shape index (κ1) is 20.7. The lowest BCUT2D eigenvalue weighted by Gasteiger charge is -2.21. The molecule has 0 saturated carbocycles. The summed E-state index contributed by atoms with van der Waals surface area (Å²) in [5.41, 5.74) is 4.69. The molecular weight excluding hydrogens is 427 g/mol. The number of hydrogen-bond acceptors (Lipinski definition) is 5. The van der Waals surface area contributed by atoms with Gasteiger partial charge in [0.2, 0.25) is 0 Å². The van der Waals surface area contributed by atoms with Gasteiger partial charge in [0.05, 0.1) is 23.2 Å². The number of aryl methyl sites for hydroxylation is 2. The standard InChI is InChI=1S/C25H21FN2O3S/c1-15-6-5-7-16(2)22(15)28-24(29)20-8-3-4-9-21(20)27-25(28)32-13-18-11-19(26)10-17-12-30-14-31-23(17)18/h3-11H,12-14H2,1-2H3. The van der Waals surface area contributed by atoms with Gasteiger partial charge < -0.3 is 9.47 Å². The molecule has 0 aliphatic carbocycles. The number of nitrogens with zero attached hydrogens (tertiary/aromatic N) is 2. The normalized spacial score (nSPS) is 13.1. The third-order valence-corrected chi connectivity index (χ3v) is 6.50. The van der Waals surface area contributed by atoms with Crippen LogP contribution in [0.4, 0.5) is 4.39 Å². The molecule has 162 valence electrons. The van der Waals surface area contributed by atoms with Gasteiger partial charge >= 0.3 is 0 Å². The second-order valence-corrected chi connectivity index (χ2v) is 8.69. The van der Waals surface area contributed by atoms with Crippen LogP contribution in [0.2, 0.25) is 0 Å². The van der Waals surface area contributed by atoms with Crippen LogP contribution in [-0.2, 0) is 17.1 Å². The largest absolute Gasteiger partial charge is 0.467 e. The Hall–Kier alpha value is -3.16. The van der Waals surface area contributed by atoms with Crippen LogP contribution in [0.1, 0.15) is 22.3 Å². The number of aromatic nitrogens is 2. The van der Waals surface area contributed by atoms with Gasteiger partial charge in [0.15, 0.2) is 11.9 Å². The Bertz CT molecular complexity index is 1380. The van der Waals surface area contributed by atoms with Gasteiger partial charge in [0.1, 0.15) is 11.6 Å². The van der Waals surface area contributed by atoms with Gasteiger partial charge in [-0.1, -0.05) is 42.1 Å². The Morgan fingerprint density at radius 3 is 2.69 bits per heavy atom. The molecule has 1 aliphatic heterocycles. The van der Waals surface area contributed by atoms with E-state index in [1.807, 2.05) is 50.2 Å². The Labute approximate surface area is 188 Å². The van der Waals surface area contributed by atoms with Gasteiger partial charge in [0, 0.05) is 16.9 Å². The number of ether oxygens (including phenoxy) is 2. The first-order valence-corrected chi connectivity index (χ1v) is 11.2. The van der Waals surface area contributed by atoms with Crippen molar-refractivity contribution < 1.29 is 13.9 Å². The molecule has 0 amide bonds. The molecule has 0 atom stereocenters. The summed E-state index contributed by atoms with van der Waals surface area (Å²) in [6.45, 7) is 4.41. The Balaban J connectivity index is 1.65. The highest BCUT2D eigenvalue weighted by Gasteiger charge is 2.20. The van der Waals surface area contributed by atoms with Crippen LogP contribution in [-0.4, -0.2) is 16.3 Å². The van der Waals surface area contributed by atoms with E-state index >= 15 is 0 Å². The number of halogens is 1. The van der Waals surface area contributed by atoms with Gasteiger partial charge in [-0.3, -0.25) is 9.36 Å². The van der Waals surface area contributed by atoms with Crippen LogP contribution in [0.25, 0.3) is 16.6 Å². The van der Waals surface area contributed by atoms with E-state index in [1.165, 1.54) is 23.9 Å². The van der Waals surface area contributed by atoms with Crippen molar-refractivity contribution in [3.05, 3.63) is 93.0 Å². The molecule has 7 heteroatoms. The highest BCUT2D eigenvalue weighted by molar-refractivity contribution is 7.98. The van der Waals surface area contributed by atoms with Crippen LogP contribution in [0.3, 0.4) is 0 Å². The Morgan fingerprint density at radius 2 is 1.88 bits per heavy atom. The van der Waals surface area contributed by atoms with Crippen LogP contribution >= 0.6 is 11.8 Å². The molecule has 2 heterocycles. The lowest BCUT2D eigenvalue weighted by molar-refractivity contribution is -0.0171. The maximum Gasteiger partial charge on any atom is 0.266 e. The zero-order valence-corrected chi connectivity index (χ0v) is 18.5. The lowest BCUT2D eigenvalue weighted by Crippen LogP contribution is -2.23. The summed E-state index contributed by atoms with van der Waals surface area (Å²) in [4.78, 5) is 18.4. The topological polar surface area (TPSA) is 53.4 Å². The molecule has 5 rings (SSSR count). The average molecular weight is 449 g/mol. The SMILES string of the molecule is Cc1cccc(C)c1-n1c(SCc2cc(F)cc3c2OCOC3)nc2ccccc2c1=O. The molecule has 0 radical (unpaired) electrons. The van der Waals surface area contributed by atoms with Crippen molar-refractivity contribution in [3.63, 3.8) is 0 Å². The second kappa shape index (κ2) is 8.41. The molecular formula is C25H21FN2O3S. The van der Waals surface area contributed by atoms with Gasteiger partial charge in [0.25, 0.3) is 5.56 Å². The smallest absolute Gasteiger partial charge is 0.266 e. The van der Waals surface area contributed by atoms with E-state index in [2.05, 4.69) is 0 Å². The zero-order chi connectivity index (χ0) is 22.2. The van der Waals surface area contributed by atoms with E-state index in [4.69, 9.17) is 14.5 Å². The molecule has 0 fully saturated rings. The monoisotopic (exact) mass is 448 g/mol. The predicted octanol–water partition coefficient (Wildman–Crippen LogP) is 5.30. The van der Waals surface area contributed by atoms with Crippen molar-refractivity contribution in [1.82, 2.24) is 9.55 Å². The van der Waals surface area contributed by atoms with Crippen molar-refractivity contribution in [3.8, 4) is 11.4 Å². The molecule has 0 N–H and O–H groups in total. The second-order valence-electron chi connectivity index (χ2n) is 7.74. The maximum atomic E-state index is 14.2. The molecule has 1 aromatic heterocycles. The quantitative estimate of drug-likeness (QED) is 0.313. The average Bonchev–Trinajstić information content (AvgIpc) is 2.79. The fourth-order valence-corrected chi connectivity index (χ4v) is 5.04. The van der Waals surface area contributed by atoms with Crippen molar-refractivity contribution >= 4 is 22.7 Å². The van der Waals surface area contributed by atoms with Crippen LogP contribution in [0, 0.1) is 19.7 Å². The van der Waals surface area contributed by atoms with E-state index in [9.17, 15) is 9.18 Å². The first-order chi connectivity index (χ1) is 15.5. The summed E-state index contributed by atoms with van der Waals surface area (Å²) in [5, 5.41) is 1.11. The van der Waals surface area contributed by atoms with Gasteiger partial charge in [-0.25, -0.2) is 9.37 Å². The van der Waals surface area contributed by atoms with Crippen molar-refractivity contribution in [2.24, 2.45) is 0 Å². The van der Waals surface area contributed by atoms with Crippen molar-refractivity contribution in [2.75, 3.05) is 6.79 Å². The molecule has 0 saturated heterocycles.